The molecule has 1 aromatic heterocycles. The number of amides is 1. The van der Waals surface area contributed by atoms with Crippen molar-refractivity contribution in [1.29, 1.82) is 0 Å². The van der Waals surface area contributed by atoms with Gasteiger partial charge in [0, 0.05) is 36.9 Å². The van der Waals surface area contributed by atoms with Crippen molar-refractivity contribution in [1.82, 2.24) is 14.7 Å². The van der Waals surface area contributed by atoms with Gasteiger partial charge in [-0.05, 0) is 24.3 Å². The second kappa shape index (κ2) is 8.53. The molecule has 1 aliphatic rings. The summed E-state index contributed by atoms with van der Waals surface area (Å²) in [6.07, 6.45) is -0.806. The van der Waals surface area contributed by atoms with E-state index in [0.717, 1.165) is 12.1 Å². The van der Waals surface area contributed by atoms with Crippen molar-refractivity contribution in [2.24, 2.45) is 0 Å². The Balaban J connectivity index is 2.12. The van der Waals surface area contributed by atoms with Crippen LogP contribution in [-0.2, 0) is 10.0 Å². The highest BCUT2D eigenvalue weighted by molar-refractivity contribution is 7.92. The Morgan fingerprint density at radius 3 is 2.39 bits per heavy atom. The molecule has 1 N–H and O–H groups in total. The first-order chi connectivity index (χ1) is 14.5. The molecule has 2 heterocycles. The maximum atomic E-state index is 13.6. The molecule has 1 fully saturated rings. The van der Waals surface area contributed by atoms with Gasteiger partial charge in [-0.1, -0.05) is 6.58 Å². The van der Waals surface area contributed by atoms with E-state index in [1.54, 1.807) is 9.62 Å². The zero-order valence-electron chi connectivity index (χ0n) is 16.4. The summed E-state index contributed by atoms with van der Waals surface area (Å²) in [4.78, 5) is 22.6. The third-order valence-corrected chi connectivity index (χ3v) is 5.53. The molecule has 1 aromatic carbocycles. The second-order valence-electron chi connectivity index (χ2n) is 6.75. The van der Waals surface area contributed by atoms with Crippen LogP contribution < -0.4 is 14.4 Å². The smallest absolute Gasteiger partial charge is 0.289 e. The van der Waals surface area contributed by atoms with Gasteiger partial charge in [0.15, 0.2) is 11.5 Å². The number of nitrogens with one attached hydrogen (secondary N) is 1. The molecule has 1 amide bonds. The molecule has 0 spiro atoms. The summed E-state index contributed by atoms with van der Waals surface area (Å²) < 4.78 is 70.9. The number of benzene rings is 1. The Hall–Kier alpha value is -3.15. The maximum Gasteiger partial charge on any atom is 0.289 e. The largest absolute Gasteiger partial charge is 0.479 e. The fourth-order valence-corrected chi connectivity index (χ4v) is 3.43. The number of ether oxygens (including phenoxy) is 1. The number of alkyl halides is 2. The molecular formula is C19H19F3N4O4S. The molecule has 1 aliphatic heterocycles. The number of nitrogens with zero attached hydrogens (tertiary/aromatic N) is 3. The van der Waals surface area contributed by atoms with Crippen molar-refractivity contribution < 1.29 is 31.1 Å². The van der Waals surface area contributed by atoms with Gasteiger partial charge >= 0.3 is 0 Å². The minimum absolute atomic E-state index is 0.0323. The van der Waals surface area contributed by atoms with Gasteiger partial charge in [0.1, 0.15) is 11.5 Å². The van der Waals surface area contributed by atoms with Crippen LogP contribution in [0.1, 0.15) is 23.3 Å². The third-order valence-electron chi connectivity index (χ3n) is 4.62. The number of methoxy groups -OCH3 is 1. The zero-order valence-corrected chi connectivity index (χ0v) is 17.3. The van der Waals surface area contributed by atoms with E-state index >= 15 is 0 Å². The molecule has 166 valence electrons. The molecular weight excluding hydrogens is 437 g/mol. The Kier molecular flexibility index (Phi) is 6.20. The zero-order chi connectivity index (χ0) is 22.8. The lowest BCUT2D eigenvalue weighted by molar-refractivity contribution is -0.0221. The van der Waals surface area contributed by atoms with Crippen LogP contribution in [0.15, 0.2) is 36.3 Å². The molecule has 0 atom stereocenters. The first-order valence-electron chi connectivity index (χ1n) is 9.09. The van der Waals surface area contributed by atoms with Crippen LogP contribution in [-0.4, -0.2) is 50.4 Å². The normalized spacial score (nSPS) is 15.9. The number of hydrogen-bond acceptors (Lipinski definition) is 7. The van der Waals surface area contributed by atoms with Gasteiger partial charge in [-0.3, -0.25) is 4.79 Å². The standard InChI is InChI=1S/C19H19F3N4O4S/c1-3-31(28,29)25-17(27)15-18(30-2)24-16(26-10-8-19(21,22)9-11-26)14(23-15)12-4-6-13(20)7-5-12/h3-7H,1,8-11H2,2H3,(H,25,27). The minimum atomic E-state index is -4.12. The van der Waals surface area contributed by atoms with Gasteiger partial charge in [0.25, 0.3) is 21.9 Å². The summed E-state index contributed by atoms with van der Waals surface area (Å²) in [5.41, 5.74) is -0.00461. The van der Waals surface area contributed by atoms with Crippen molar-refractivity contribution >= 4 is 21.7 Å². The molecule has 0 aliphatic carbocycles. The predicted octanol–water partition coefficient (Wildman–Crippen LogP) is 2.73. The highest BCUT2D eigenvalue weighted by atomic mass is 32.2. The average Bonchev–Trinajstić information content (AvgIpc) is 2.73. The van der Waals surface area contributed by atoms with E-state index in [0.29, 0.717) is 11.0 Å². The van der Waals surface area contributed by atoms with Gasteiger partial charge in [0.05, 0.1) is 7.11 Å². The fourth-order valence-electron chi connectivity index (χ4n) is 2.99. The van der Waals surface area contributed by atoms with E-state index in [4.69, 9.17) is 4.74 Å². The number of anilines is 1. The Labute approximate surface area is 176 Å². The van der Waals surface area contributed by atoms with Gasteiger partial charge in [0.2, 0.25) is 5.88 Å². The number of aromatic nitrogens is 2. The van der Waals surface area contributed by atoms with Crippen molar-refractivity contribution in [3.05, 3.63) is 47.8 Å². The summed E-state index contributed by atoms with van der Waals surface area (Å²) in [7, 11) is -2.92. The van der Waals surface area contributed by atoms with Crippen LogP contribution in [0, 0.1) is 5.82 Å². The molecule has 0 bridgehead atoms. The third kappa shape index (κ3) is 5.13. The molecule has 1 saturated heterocycles. The minimum Gasteiger partial charge on any atom is -0.479 e. The fraction of sp³-hybridized carbons (Fsp3) is 0.316. The summed E-state index contributed by atoms with van der Waals surface area (Å²) in [6, 6.07) is 5.10. The number of hydrogen-bond donors (Lipinski definition) is 1. The van der Waals surface area contributed by atoms with Gasteiger partial charge in [-0.2, -0.15) is 4.98 Å². The molecule has 31 heavy (non-hydrogen) atoms. The summed E-state index contributed by atoms with van der Waals surface area (Å²) in [6.45, 7) is 3.04. The second-order valence-corrected chi connectivity index (χ2v) is 8.37. The quantitative estimate of drug-likeness (QED) is 0.713. The summed E-state index contributed by atoms with van der Waals surface area (Å²) in [5.74, 6) is -4.58. The number of piperidine rings is 1. The van der Waals surface area contributed by atoms with E-state index in [2.05, 4.69) is 16.5 Å². The Morgan fingerprint density at radius 1 is 1.23 bits per heavy atom. The Bertz CT molecular complexity index is 1100. The predicted molar refractivity (Wildman–Crippen MR) is 107 cm³/mol. The Morgan fingerprint density at radius 2 is 1.84 bits per heavy atom. The summed E-state index contributed by atoms with van der Waals surface area (Å²) >= 11 is 0. The first kappa shape index (κ1) is 22.5. The van der Waals surface area contributed by atoms with E-state index in [1.807, 2.05) is 0 Å². The van der Waals surface area contributed by atoms with Crippen LogP contribution >= 0.6 is 0 Å². The van der Waals surface area contributed by atoms with Gasteiger partial charge in [-0.25, -0.2) is 31.3 Å². The molecule has 8 nitrogen and oxygen atoms in total. The van der Waals surface area contributed by atoms with Crippen LogP contribution in [0.2, 0.25) is 0 Å². The van der Waals surface area contributed by atoms with Crippen molar-refractivity contribution in [3.8, 4) is 17.1 Å². The average molecular weight is 456 g/mol. The number of halogens is 3. The van der Waals surface area contributed by atoms with E-state index < -0.39 is 46.2 Å². The van der Waals surface area contributed by atoms with Crippen LogP contribution in [0.5, 0.6) is 5.88 Å². The lowest BCUT2D eigenvalue weighted by Gasteiger charge is -2.33. The highest BCUT2D eigenvalue weighted by Gasteiger charge is 2.36. The van der Waals surface area contributed by atoms with Crippen LogP contribution in [0.3, 0.4) is 0 Å². The molecule has 0 radical (unpaired) electrons. The number of rotatable bonds is 6. The van der Waals surface area contributed by atoms with Crippen molar-refractivity contribution in [2.45, 2.75) is 18.8 Å². The first-order valence-corrected chi connectivity index (χ1v) is 10.6. The monoisotopic (exact) mass is 456 g/mol. The van der Waals surface area contributed by atoms with E-state index in [-0.39, 0.29) is 30.5 Å². The van der Waals surface area contributed by atoms with Gasteiger partial charge in [-0.15, -0.1) is 0 Å². The lowest BCUT2D eigenvalue weighted by atomic mass is 10.1. The SMILES string of the molecule is C=CS(=O)(=O)NC(=O)c1nc(-c2ccc(F)cc2)c(N2CCC(F)(F)CC2)nc1OC. The number of carbonyl (C=O) groups is 1. The van der Waals surface area contributed by atoms with Crippen molar-refractivity contribution in [2.75, 3.05) is 25.1 Å². The molecule has 2 aromatic rings. The highest BCUT2D eigenvalue weighted by Crippen LogP contribution is 2.35. The summed E-state index contributed by atoms with van der Waals surface area (Å²) in [5, 5.41) is 0.550. The molecule has 12 heteroatoms. The van der Waals surface area contributed by atoms with Crippen LogP contribution in [0.4, 0.5) is 19.0 Å². The topological polar surface area (TPSA) is 101 Å². The van der Waals surface area contributed by atoms with E-state index in [1.165, 1.54) is 19.2 Å². The number of sulfonamides is 1. The molecule has 0 saturated carbocycles. The van der Waals surface area contributed by atoms with Crippen molar-refractivity contribution in [3.63, 3.8) is 0 Å². The number of carbonyl (C=O) groups excluding carboxylic acids is 1. The molecule has 3 rings (SSSR count). The van der Waals surface area contributed by atoms with E-state index in [9.17, 15) is 26.4 Å². The van der Waals surface area contributed by atoms with Crippen LogP contribution in [0.25, 0.3) is 11.3 Å². The maximum absolute atomic E-state index is 13.6. The molecule has 0 unspecified atom stereocenters. The lowest BCUT2D eigenvalue weighted by Crippen LogP contribution is -2.40. The van der Waals surface area contributed by atoms with Gasteiger partial charge < -0.3 is 9.64 Å².